The third-order valence-corrected chi connectivity index (χ3v) is 8.88. The molecule has 7 nitrogen and oxygen atoms in total. The summed E-state index contributed by atoms with van der Waals surface area (Å²) in [5.41, 5.74) is 4.21. The molecule has 2 aromatic carbocycles. The van der Waals surface area contributed by atoms with Crippen LogP contribution in [-0.4, -0.2) is 30.2 Å². The monoisotopic (exact) mass is 486 g/mol. The van der Waals surface area contributed by atoms with Crippen LogP contribution in [0.5, 0.6) is 5.75 Å². The van der Waals surface area contributed by atoms with Crippen LogP contribution in [0.25, 0.3) is 0 Å². The fourth-order valence-corrected chi connectivity index (χ4v) is 6.91. The highest BCUT2D eigenvalue weighted by Crippen LogP contribution is 2.56. The average molecular weight is 487 g/mol. The molecule has 0 aromatic heterocycles. The molecule has 2 saturated heterocycles. The molecule has 2 heterocycles. The van der Waals surface area contributed by atoms with Gasteiger partial charge in [-0.15, -0.1) is 0 Å². The summed E-state index contributed by atoms with van der Waals surface area (Å²) in [4.78, 5) is 55.0. The summed E-state index contributed by atoms with van der Waals surface area (Å²) < 4.78 is 5.65. The summed E-state index contributed by atoms with van der Waals surface area (Å²) in [5.74, 6) is -0.612. The smallest absolute Gasteiger partial charge is 0.316 e. The summed E-state index contributed by atoms with van der Waals surface area (Å²) in [6.07, 6.45) is 3.18. The van der Waals surface area contributed by atoms with E-state index in [-0.39, 0.29) is 42.5 Å². The number of benzene rings is 2. The van der Waals surface area contributed by atoms with Crippen molar-refractivity contribution in [2.45, 2.75) is 46.5 Å². The van der Waals surface area contributed by atoms with Crippen LogP contribution in [-0.2, 0) is 19.2 Å². The molecule has 2 saturated carbocycles. The van der Waals surface area contributed by atoms with Crippen molar-refractivity contribution in [1.82, 2.24) is 0 Å². The molecular formula is C29H30N2O5. The summed E-state index contributed by atoms with van der Waals surface area (Å²) in [6, 6.07) is 10.8. The number of amides is 3. The van der Waals surface area contributed by atoms with Crippen LogP contribution >= 0.6 is 0 Å². The maximum absolute atomic E-state index is 13.2. The maximum atomic E-state index is 13.2. The SMILES string of the molecule is Cc1cc(OC(=O)[C@@H]2CC(=O)N(c3cccc(C)c3C)C2)ccc1N1C(=O)[C@@H]2[C@H]3CC[C@@H](C3)[C@H]2C1=O. The van der Waals surface area contributed by atoms with E-state index < -0.39 is 11.9 Å². The van der Waals surface area contributed by atoms with Gasteiger partial charge < -0.3 is 9.64 Å². The van der Waals surface area contributed by atoms with Gasteiger partial charge in [-0.3, -0.25) is 19.2 Å². The fraction of sp³-hybridized carbons (Fsp3) is 0.448. The Hall–Kier alpha value is -3.48. The molecule has 7 heteroatoms. The van der Waals surface area contributed by atoms with Gasteiger partial charge in [-0.1, -0.05) is 12.1 Å². The van der Waals surface area contributed by atoms with Gasteiger partial charge in [0.15, 0.2) is 0 Å². The Balaban J connectivity index is 1.16. The number of carbonyl (C=O) groups is 4. The van der Waals surface area contributed by atoms with Crippen molar-refractivity contribution in [3.05, 3.63) is 53.1 Å². The first-order valence-electron chi connectivity index (χ1n) is 12.8. The summed E-state index contributed by atoms with van der Waals surface area (Å²) in [7, 11) is 0. The summed E-state index contributed by atoms with van der Waals surface area (Å²) in [5, 5.41) is 0. The molecule has 6 rings (SSSR count). The highest BCUT2D eigenvalue weighted by molar-refractivity contribution is 6.23. The lowest BCUT2D eigenvalue weighted by molar-refractivity contribution is -0.139. The summed E-state index contributed by atoms with van der Waals surface area (Å²) >= 11 is 0. The molecule has 36 heavy (non-hydrogen) atoms. The van der Waals surface area contributed by atoms with Gasteiger partial charge in [0.05, 0.1) is 23.4 Å². The van der Waals surface area contributed by atoms with Crippen LogP contribution in [0.3, 0.4) is 0 Å². The minimum Gasteiger partial charge on any atom is -0.426 e. The van der Waals surface area contributed by atoms with Crippen LogP contribution in [0.15, 0.2) is 36.4 Å². The first-order valence-corrected chi connectivity index (χ1v) is 12.8. The Kier molecular flexibility index (Phi) is 5.28. The van der Waals surface area contributed by atoms with Crippen LogP contribution in [0.2, 0.25) is 0 Å². The minimum absolute atomic E-state index is 0.0824. The fourth-order valence-electron chi connectivity index (χ4n) is 6.91. The van der Waals surface area contributed by atoms with E-state index in [2.05, 4.69) is 0 Å². The van der Waals surface area contributed by atoms with Gasteiger partial charge in [-0.25, -0.2) is 4.90 Å². The van der Waals surface area contributed by atoms with E-state index in [1.54, 1.807) is 23.1 Å². The minimum atomic E-state index is -0.561. The van der Waals surface area contributed by atoms with Crippen molar-refractivity contribution in [3.8, 4) is 5.75 Å². The first-order chi connectivity index (χ1) is 17.2. The molecule has 2 bridgehead atoms. The lowest BCUT2D eigenvalue weighted by atomic mass is 9.81. The van der Waals surface area contributed by atoms with E-state index in [9.17, 15) is 19.2 Å². The molecule has 4 aliphatic rings. The standard InChI is InChI=1S/C29H30N2O5/c1-15-5-4-6-23(17(15)3)30-14-20(13-24(30)32)29(35)36-21-9-10-22(16(2)11-21)31-27(33)25-18-7-8-19(12-18)26(25)28(31)34/h4-6,9-11,18-20,25-26H,7-8,12-14H2,1-3H3/t18-,19-,20+,25+,26+/m0/s1. The lowest BCUT2D eigenvalue weighted by Crippen LogP contribution is -2.33. The molecule has 3 amide bonds. The van der Waals surface area contributed by atoms with Crippen molar-refractivity contribution >= 4 is 35.1 Å². The van der Waals surface area contributed by atoms with Crippen molar-refractivity contribution in [2.75, 3.05) is 16.3 Å². The van der Waals surface area contributed by atoms with E-state index in [0.29, 0.717) is 28.8 Å². The largest absolute Gasteiger partial charge is 0.426 e. The molecule has 0 unspecified atom stereocenters. The zero-order chi connectivity index (χ0) is 25.3. The molecule has 2 aliphatic heterocycles. The van der Waals surface area contributed by atoms with Crippen LogP contribution in [0.4, 0.5) is 11.4 Å². The molecule has 0 radical (unpaired) electrons. The number of ether oxygens (including phenoxy) is 1. The van der Waals surface area contributed by atoms with E-state index in [1.165, 1.54) is 4.90 Å². The quantitative estimate of drug-likeness (QED) is 0.369. The first kappa shape index (κ1) is 23.0. The number of hydrogen-bond acceptors (Lipinski definition) is 5. The molecule has 4 fully saturated rings. The highest BCUT2D eigenvalue weighted by Gasteiger charge is 2.61. The van der Waals surface area contributed by atoms with E-state index >= 15 is 0 Å². The number of imide groups is 1. The van der Waals surface area contributed by atoms with Gasteiger partial charge in [-0.2, -0.15) is 0 Å². The summed E-state index contributed by atoms with van der Waals surface area (Å²) in [6.45, 7) is 6.07. The third-order valence-electron chi connectivity index (χ3n) is 8.88. The number of anilines is 2. The second kappa shape index (κ2) is 8.29. The zero-order valence-electron chi connectivity index (χ0n) is 20.8. The average Bonchev–Trinajstić information content (AvgIpc) is 3.60. The predicted octanol–water partition coefficient (Wildman–Crippen LogP) is 4.11. The maximum Gasteiger partial charge on any atom is 0.316 e. The molecule has 0 N–H and O–H groups in total. The normalized spacial score (nSPS) is 28.9. The number of hydrogen-bond donors (Lipinski definition) is 0. The third kappa shape index (κ3) is 3.39. The van der Waals surface area contributed by atoms with E-state index in [1.807, 2.05) is 39.0 Å². The van der Waals surface area contributed by atoms with Gasteiger partial charge in [-0.05, 0) is 92.8 Å². The Labute approximate surface area is 210 Å². The van der Waals surface area contributed by atoms with Crippen molar-refractivity contribution in [3.63, 3.8) is 0 Å². The van der Waals surface area contributed by atoms with Gasteiger partial charge in [0, 0.05) is 18.7 Å². The number of rotatable bonds is 4. The van der Waals surface area contributed by atoms with Crippen molar-refractivity contribution in [1.29, 1.82) is 0 Å². The van der Waals surface area contributed by atoms with Crippen molar-refractivity contribution in [2.24, 2.45) is 29.6 Å². The van der Waals surface area contributed by atoms with Crippen molar-refractivity contribution < 1.29 is 23.9 Å². The molecule has 5 atom stereocenters. The van der Waals surface area contributed by atoms with Gasteiger partial charge in [0.1, 0.15) is 5.75 Å². The van der Waals surface area contributed by atoms with Gasteiger partial charge in [0.25, 0.3) is 0 Å². The number of aryl methyl sites for hydroxylation is 2. The van der Waals surface area contributed by atoms with Gasteiger partial charge >= 0.3 is 5.97 Å². The Morgan fingerprint density at radius 1 is 0.889 bits per heavy atom. The molecule has 0 spiro atoms. The second-order valence-electron chi connectivity index (χ2n) is 10.9. The highest BCUT2D eigenvalue weighted by atomic mass is 16.5. The van der Waals surface area contributed by atoms with Crippen LogP contribution < -0.4 is 14.5 Å². The number of carbonyl (C=O) groups excluding carboxylic acids is 4. The molecule has 186 valence electrons. The van der Waals surface area contributed by atoms with Gasteiger partial charge in [0.2, 0.25) is 17.7 Å². The predicted molar refractivity (Wildman–Crippen MR) is 133 cm³/mol. The molecule has 2 aromatic rings. The number of fused-ring (bicyclic) bond motifs is 5. The topological polar surface area (TPSA) is 84.0 Å². The van der Waals surface area contributed by atoms with E-state index in [4.69, 9.17) is 4.74 Å². The molecule has 2 aliphatic carbocycles. The number of esters is 1. The van der Waals surface area contributed by atoms with Crippen LogP contribution in [0, 0.1) is 50.4 Å². The second-order valence-corrected chi connectivity index (χ2v) is 10.9. The lowest BCUT2D eigenvalue weighted by Gasteiger charge is -2.21. The Bertz CT molecular complexity index is 1290. The molecular weight excluding hydrogens is 456 g/mol. The zero-order valence-corrected chi connectivity index (χ0v) is 20.8. The number of nitrogens with zero attached hydrogens (tertiary/aromatic N) is 2. The Morgan fingerprint density at radius 3 is 2.25 bits per heavy atom. The van der Waals surface area contributed by atoms with E-state index in [0.717, 1.165) is 36.1 Å². The van der Waals surface area contributed by atoms with Crippen LogP contribution in [0.1, 0.15) is 42.4 Å². The Morgan fingerprint density at radius 2 is 1.58 bits per heavy atom.